The van der Waals surface area contributed by atoms with Gasteiger partial charge < -0.3 is 5.32 Å². The second-order valence-electron chi connectivity index (χ2n) is 5.81. The first kappa shape index (κ1) is 20.1. The average Bonchev–Trinajstić information content (AvgIpc) is 2.54. The molecule has 0 fully saturated rings. The highest BCUT2D eigenvalue weighted by Crippen LogP contribution is 2.14. The van der Waals surface area contributed by atoms with Crippen LogP contribution in [0, 0.1) is 6.92 Å². The molecular formula is C17H20N2O5S2. The lowest BCUT2D eigenvalue weighted by Gasteiger charge is -2.08. The summed E-state index contributed by atoms with van der Waals surface area (Å²) in [6.45, 7) is 1.81. The van der Waals surface area contributed by atoms with E-state index >= 15 is 0 Å². The van der Waals surface area contributed by atoms with Crippen molar-refractivity contribution in [3.63, 3.8) is 0 Å². The van der Waals surface area contributed by atoms with E-state index in [1.54, 1.807) is 12.1 Å². The fraction of sp³-hybridized carbons (Fsp3) is 0.235. The van der Waals surface area contributed by atoms with E-state index < -0.39 is 19.9 Å². The molecule has 0 spiro atoms. The Kier molecular flexibility index (Phi) is 6.17. The summed E-state index contributed by atoms with van der Waals surface area (Å²) in [7, 11) is -6.96. The van der Waals surface area contributed by atoms with Gasteiger partial charge in [-0.05, 0) is 43.3 Å². The molecule has 0 saturated carbocycles. The Morgan fingerprint density at radius 3 is 1.96 bits per heavy atom. The zero-order chi connectivity index (χ0) is 19.4. The molecule has 7 nitrogen and oxygen atoms in total. The lowest BCUT2D eigenvalue weighted by Crippen LogP contribution is -2.27. The van der Waals surface area contributed by atoms with Crippen molar-refractivity contribution in [2.75, 3.05) is 18.1 Å². The second kappa shape index (κ2) is 7.98. The molecule has 2 aromatic carbocycles. The highest BCUT2D eigenvalue weighted by atomic mass is 32.2. The van der Waals surface area contributed by atoms with E-state index in [0.717, 1.165) is 11.8 Å². The van der Waals surface area contributed by atoms with Crippen molar-refractivity contribution >= 4 is 31.5 Å². The van der Waals surface area contributed by atoms with Gasteiger partial charge in [-0.3, -0.25) is 4.79 Å². The molecule has 0 aliphatic heterocycles. The molecular weight excluding hydrogens is 376 g/mol. The van der Waals surface area contributed by atoms with Gasteiger partial charge in [-0.2, -0.15) is 0 Å². The van der Waals surface area contributed by atoms with Gasteiger partial charge >= 0.3 is 0 Å². The minimum Gasteiger partial charge on any atom is -0.326 e. The molecule has 0 aliphatic carbocycles. The highest BCUT2D eigenvalue weighted by Gasteiger charge is 2.14. The number of sulfone groups is 1. The Morgan fingerprint density at radius 2 is 1.42 bits per heavy atom. The molecule has 0 unspecified atom stereocenters. The number of aryl methyl sites for hydroxylation is 1. The van der Waals surface area contributed by atoms with Crippen LogP contribution in [-0.4, -0.2) is 35.5 Å². The molecule has 140 valence electrons. The zero-order valence-electron chi connectivity index (χ0n) is 14.4. The van der Waals surface area contributed by atoms with Crippen LogP contribution in [0.15, 0.2) is 58.3 Å². The van der Waals surface area contributed by atoms with E-state index in [2.05, 4.69) is 10.0 Å². The van der Waals surface area contributed by atoms with Crippen LogP contribution in [0.5, 0.6) is 0 Å². The summed E-state index contributed by atoms with van der Waals surface area (Å²) in [5, 5.41) is 2.59. The number of amides is 1. The Hall–Kier alpha value is -2.23. The van der Waals surface area contributed by atoms with Crippen LogP contribution in [0.25, 0.3) is 0 Å². The van der Waals surface area contributed by atoms with E-state index in [0.29, 0.717) is 5.69 Å². The van der Waals surface area contributed by atoms with E-state index in [9.17, 15) is 21.6 Å². The first-order valence-electron chi connectivity index (χ1n) is 7.74. The topological polar surface area (TPSA) is 109 Å². The summed E-state index contributed by atoms with van der Waals surface area (Å²) in [4.78, 5) is 12.2. The van der Waals surface area contributed by atoms with Crippen molar-refractivity contribution in [1.29, 1.82) is 0 Å². The highest BCUT2D eigenvalue weighted by molar-refractivity contribution is 7.90. The Balaban J connectivity index is 1.88. The van der Waals surface area contributed by atoms with Crippen molar-refractivity contribution in [1.82, 2.24) is 4.72 Å². The second-order valence-corrected chi connectivity index (χ2v) is 9.59. The van der Waals surface area contributed by atoms with Crippen molar-refractivity contribution in [2.45, 2.75) is 23.1 Å². The lowest BCUT2D eigenvalue weighted by molar-refractivity contribution is -0.116. The van der Waals surface area contributed by atoms with Crippen LogP contribution in [-0.2, 0) is 24.7 Å². The van der Waals surface area contributed by atoms with Gasteiger partial charge in [-0.15, -0.1) is 0 Å². The summed E-state index contributed by atoms with van der Waals surface area (Å²) in [6, 6.07) is 12.1. The molecule has 1 amide bonds. The zero-order valence-corrected chi connectivity index (χ0v) is 16.0. The molecule has 2 N–H and O–H groups in total. The monoisotopic (exact) mass is 396 g/mol. The third-order valence-electron chi connectivity index (χ3n) is 3.54. The van der Waals surface area contributed by atoms with Crippen molar-refractivity contribution in [3.8, 4) is 0 Å². The number of rotatable bonds is 7. The fourth-order valence-electron chi connectivity index (χ4n) is 2.11. The SMILES string of the molecule is Cc1ccc(S(=O)(=O)NCCC(=O)Nc2ccc(S(C)(=O)=O)cc2)cc1. The van der Waals surface area contributed by atoms with Gasteiger partial charge in [0.05, 0.1) is 9.79 Å². The molecule has 0 aliphatic rings. The van der Waals surface area contributed by atoms with Gasteiger partial charge in [0.25, 0.3) is 0 Å². The van der Waals surface area contributed by atoms with Crippen LogP contribution >= 0.6 is 0 Å². The molecule has 26 heavy (non-hydrogen) atoms. The third-order valence-corrected chi connectivity index (χ3v) is 6.15. The number of carbonyl (C=O) groups excluding carboxylic acids is 1. The average molecular weight is 396 g/mol. The van der Waals surface area contributed by atoms with E-state index in [-0.39, 0.29) is 28.7 Å². The molecule has 2 rings (SSSR count). The molecule has 9 heteroatoms. The van der Waals surface area contributed by atoms with Crippen LogP contribution in [0.3, 0.4) is 0 Å². The number of hydrogen-bond donors (Lipinski definition) is 2. The van der Waals surface area contributed by atoms with Crippen molar-refractivity contribution in [3.05, 3.63) is 54.1 Å². The van der Waals surface area contributed by atoms with Crippen LogP contribution in [0.4, 0.5) is 5.69 Å². The Morgan fingerprint density at radius 1 is 0.885 bits per heavy atom. The fourth-order valence-corrected chi connectivity index (χ4v) is 3.77. The maximum absolute atomic E-state index is 12.1. The van der Waals surface area contributed by atoms with Gasteiger partial charge in [-0.25, -0.2) is 21.6 Å². The number of benzene rings is 2. The van der Waals surface area contributed by atoms with E-state index in [4.69, 9.17) is 0 Å². The number of carbonyl (C=O) groups is 1. The molecule has 0 aromatic heterocycles. The standard InChI is InChI=1S/C17H20N2O5S2/c1-13-3-7-16(8-4-13)26(23,24)18-12-11-17(20)19-14-5-9-15(10-6-14)25(2,21)22/h3-10,18H,11-12H2,1-2H3,(H,19,20). The van der Waals surface area contributed by atoms with Crippen LogP contribution in [0.2, 0.25) is 0 Å². The number of nitrogens with one attached hydrogen (secondary N) is 2. The molecule has 0 radical (unpaired) electrons. The molecule has 0 atom stereocenters. The van der Waals surface area contributed by atoms with E-state index in [1.807, 2.05) is 6.92 Å². The van der Waals surface area contributed by atoms with Crippen molar-refractivity contribution in [2.24, 2.45) is 0 Å². The summed E-state index contributed by atoms with van der Waals surface area (Å²) in [6.07, 6.45) is 1.04. The molecule has 0 heterocycles. The lowest BCUT2D eigenvalue weighted by atomic mass is 10.2. The smallest absolute Gasteiger partial charge is 0.240 e. The molecule has 0 bridgehead atoms. The predicted octanol–water partition coefficient (Wildman–Crippen LogP) is 1.71. The van der Waals surface area contributed by atoms with Crippen molar-refractivity contribution < 1.29 is 21.6 Å². The first-order chi connectivity index (χ1) is 12.1. The molecule has 2 aromatic rings. The minimum atomic E-state index is -3.66. The number of hydrogen-bond acceptors (Lipinski definition) is 5. The maximum atomic E-state index is 12.1. The summed E-state index contributed by atoms with van der Waals surface area (Å²) in [5.74, 6) is -0.385. The van der Waals surface area contributed by atoms with Crippen LogP contribution in [0.1, 0.15) is 12.0 Å². The summed E-state index contributed by atoms with van der Waals surface area (Å²) < 4.78 is 49.4. The molecule has 0 saturated heterocycles. The maximum Gasteiger partial charge on any atom is 0.240 e. The van der Waals surface area contributed by atoms with Gasteiger partial charge in [0.1, 0.15) is 0 Å². The van der Waals surface area contributed by atoms with Gasteiger partial charge in [0.15, 0.2) is 9.84 Å². The van der Waals surface area contributed by atoms with Gasteiger partial charge in [0, 0.05) is 24.9 Å². The van der Waals surface area contributed by atoms with Gasteiger partial charge in [-0.1, -0.05) is 17.7 Å². The van der Waals surface area contributed by atoms with E-state index in [1.165, 1.54) is 36.4 Å². The minimum absolute atomic E-state index is 0.0521. The van der Waals surface area contributed by atoms with Gasteiger partial charge in [0.2, 0.25) is 15.9 Å². The normalized spacial score (nSPS) is 11.9. The largest absolute Gasteiger partial charge is 0.326 e. The van der Waals surface area contributed by atoms with Crippen LogP contribution < -0.4 is 10.0 Å². The summed E-state index contributed by atoms with van der Waals surface area (Å²) >= 11 is 0. The quantitative estimate of drug-likeness (QED) is 0.740. The summed E-state index contributed by atoms with van der Waals surface area (Å²) in [5.41, 5.74) is 1.38. The Labute approximate surface area is 153 Å². The predicted molar refractivity (Wildman–Crippen MR) is 99.2 cm³/mol. The number of anilines is 1. The Bertz CT molecular complexity index is 980. The third kappa shape index (κ3) is 5.65. The number of sulfonamides is 1. The first-order valence-corrected chi connectivity index (χ1v) is 11.1.